The molecular weight excluding hydrogens is 310 g/mol. The number of carbonyl (C=O) groups is 1. The average molecular weight is 327 g/mol. The van der Waals surface area contributed by atoms with E-state index in [4.69, 9.17) is 0 Å². The Balaban J connectivity index is 1.89. The van der Waals surface area contributed by atoms with Gasteiger partial charge in [0.25, 0.3) is 0 Å². The summed E-state index contributed by atoms with van der Waals surface area (Å²) in [4.78, 5) is 12.8. The van der Waals surface area contributed by atoms with Gasteiger partial charge in [-0.25, -0.2) is 8.42 Å². The van der Waals surface area contributed by atoms with Crippen molar-refractivity contribution >= 4 is 21.9 Å². The van der Waals surface area contributed by atoms with E-state index in [-0.39, 0.29) is 10.7 Å². The molecule has 0 heterocycles. The van der Waals surface area contributed by atoms with Gasteiger partial charge in [-0.05, 0) is 31.0 Å². The zero-order chi connectivity index (χ0) is 16.4. The van der Waals surface area contributed by atoms with Crippen LogP contribution in [0.5, 0.6) is 0 Å². The number of carbonyl (C=O) groups excluding carboxylic acids is 1. The van der Waals surface area contributed by atoms with Crippen LogP contribution in [0.3, 0.4) is 0 Å². The van der Waals surface area contributed by atoms with Crippen LogP contribution in [0.1, 0.15) is 27.9 Å². The number of fused-ring (bicyclic) bond motifs is 1. The van der Waals surface area contributed by atoms with Gasteiger partial charge in [-0.15, -0.1) is 0 Å². The van der Waals surface area contributed by atoms with Gasteiger partial charge in [-0.1, -0.05) is 54.1 Å². The highest BCUT2D eigenvalue weighted by Gasteiger charge is 2.28. The Kier molecular flexibility index (Phi) is 4.15. The summed E-state index contributed by atoms with van der Waals surface area (Å²) in [5, 5.41) is 0. The number of rotatable bonds is 3. The van der Waals surface area contributed by atoms with Gasteiger partial charge in [0.15, 0.2) is 5.78 Å². The van der Waals surface area contributed by atoms with E-state index in [2.05, 4.69) is 4.72 Å². The van der Waals surface area contributed by atoms with Crippen LogP contribution in [-0.4, -0.2) is 20.2 Å². The molecule has 5 heteroatoms. The van der Waals surface area contributed by atoms with Gasteiger partial charge >= 0.3 is 0 Å². The predicted molar refractivity (Wildman–Crippen MR) is 89.7 cm³/mol. The van der Waals surface area contributed by atoms with Gasteiger partial charge in [0.05, 0.1) is 10.9 Å². The zero-order valence-electron chi connectivity index (χ0n) is 12.7. The normalized spacial score (nSPS) is 17.6. The molecule has 0 aliphatic heterocycles. The van der Waals surface area contributed by atoms with Crippen LogP contribution < -0.4 is 4.72 Å². The lowest BCUT2D eigenvalue weighted by Gasteiger charge is -2.16. The Hall–Kier alpha value is -2.24. The van der Waals surface area contributed by atoms with Crippen molar-refractivity contribution < 1.29 is 13.2 Å². The zero-order valence-corrected chi connectivity index (χ0v) is 13.5. The Morgan fingerprint density at radius 1 is 1.04 bits per heavy atom. The quantitative estimate of drug-likeness (QED) is 0.943. The minimum atomic E-state index is -3.73. The molecule has 1 N–H and O–H groups in total. The molecule has 0 bridgehead atoms. The van der Waals surface area contributed by atoms with Crippen LogP contribution >= 0.6 is 0 Å². The lowest BCUT2D eigenvalue weighted by atomic mass is 10.0. The lowest BCUT2D eigenvalue weighted by Crippen LogP contribution is -2.40. The molecule has 2 aromatic carbocycles. The molecule has 0 aromatic heterocycles. The lowest BCUT2D eigenvalue weighted by molar-refractivity contribution is 0.0955. The van der Waals surface area contributed by atoms with Crippen molar-refractivity contribution in [3.05, 3.63) is 71.3 Å². The number of hydrogen-bond donors (Lipinski definition) is 1. The standard InChI is InChI=1S/C18H17NO3S/c1-13-9-11-15(12-10-13)23(21,22)19-17-8-4-6-14-5-2-3-7-16(14)18(17)20/h2-7,9-12,17,19H,8H2,1H3. The highest BCUT2D eigenvalue weighted by atomic mass is 32.2. The minimum Gasteiger partial charge on any atom is -0.292 e. The molecule has 0 saturated heterocycles. The van der Waals surface area contributed by atoms with Crippen molar-refractivity contribution in [2.75, 3.05) is 0 Å². The molecule has 0 amide bonds. The van der Waals surface area contributed by atoms with Crippen LogP contribution in [0.2, 0.25) is 0 Å². The number of ketones is 1. The molecule has 0 saturated carbocycles. The maximum atomic E-state index is 12.6. The van der Waals surface area contributed by atoms with E-state index in [1.165, 1.54) is 0 Å². The molecule has 2 aromatic rings. The Bertz CT molecular complexity index is 867. The molecule has 1 atom stereocenters. The summed E-state index contributed by atoms with van der Waals surface area (Å²) >= 11 is 0. The number of sulfonamides is 1. The smallest absolute Gasteiger partial charge is 0.241 e. The Morgan fingerprint density at radius 3 is 2.48 bits per heavy atom. The third-order valence-corrected chi connectivity index (χ3v) is 5.33. The first-order chi connectivity index (χ1) is 11.0. The second-order valence-electron chi connectivity index (χ2n) is 5.58. The first-order valence-corrected chi connectivity index (χ1v) is 8.84. The van der Waals surface area contributed by atoms with E-state index >= 15 is 0 Å². The molecule has 0 fully saturated rings. The molecule has 1 aliphatic carbocycles. The molecule has 0 spiro atoms. The predicted octanol–water partition coefficient (Wildman–Crippen LogP) is 2.94. The van der Waals surface area contributed by atoms with Crippen LogP contribution in [0.4, 0.5) is 0 Å². The maximum absolute atomic E-state index is 12.6. The average Bonchev–Trinajstić information content (AvgIpc) is 2.68. The number of nitrogens with one attached hydrogen (secondary N) is 1. The summed E-state index contributed by atoms with van der Waals surface area (Å²) in [6, 6.07) is 13.0. The van der Waals surface area contributed by atoms with E-state index in [0.717, 1.165) is 11.1 Å². The van der Waals surface area contributed by atoms with E-state index in [0.29, 0.717) is 12.0 Å². The van der Waals surface area contributed by atoms with E-state index in [9.17, 15) is 13.2 Å². The first-order valence-electron chi connectivity index (χ1n) is 7.36. The second kappa shape index (κ2) is 6.10. The third kappa shape index (κ3) is 3.25. The van der Waals surface area contributed by atoms with E-state index in [1.807, 2.05) is 31.2 Å². The minimum absolute atomic E-state index is 0.164. The highest BCUT2D eigenvalue weighted by Crippen LogP contribution is 2.20. The molecule has 23 heavy (non-hydrogen) atoms. The largest absolute Gasteiger partial charge is 0.292 e. The van der Waals surface area contributed by atoms with Gasteiger partial charge in [0.2, 0.25) is 10.0 Å². The maximum Gasteiger partial charge on any atom is 0.241 e. The molecular formula is C18H17NO3S. The fourth-order valence-electron chi connectivity index (χ4n) is 2.57. The molecule has 4 nitrogen and oxygen atoms in total. The van der Waals surface area contributed by atoms with Crippen molar-refractivity contribution in [1.29, 1.82) is 0 Å². The number of hydrogen-bond acceptors (Lipinski definition) is 3. The summed E-state index contributed by atoms with van der Waals surface area (Å²) in [5.41, 5.74) is 2.33. The van der Waals surface area contributed by atoms with Crippen molar-refractivity contribution in [3.8, 4) is 0 Å². The van der Waals surface area contributed by atoms with Crippen molar-refractivity contribution in [3.63, 3.8) is 0 Å². The fourth-order valence-corrected chi connectivity index (χ4v) is 3.78. The van der Waals surface area contributed by atoms with Gasteiger partial charge in [-0.3, -0.25) is 4.79 Å². The Labute approximate surface area is 135 Å². The van der Waals surface area contributed by atoms with Crippen molar-refractivity contribution in [1.82, 2.24) is 4.72 Å². The fraction of sp³-hybridized carbons (Fsp3) is 0.167. The van der Waals surface area contributed by atoms with Gasteiger partial charge < -0.3 is 0 Å². The molecule has 0 radical (unpaired) electrons. The summed E-state index contributed by atoms with van der Waals surface area (Å²) in [7, 11) is -3.73. The topological polar surface area (TPSA) is 63.2 Å². The number of aryl methyl sites for hydroxylation is 1. The van der Waals surface area contributed by atoms with Gasteiger partial charge in [-0.2, -0.15) is 4.72 Å². The number of benzene rings is 2. The molecule has 1 aliphatic rings. The number of Topliss-reactive ketones (excluding diaryl/α,β-unsaturated/α-hetero) is 1. The van der Waals surface area contributed by atoms with Gasteiger partial charge in [0, 0.05) is 5.56 Å². The third-order valence-electron chi connectivity index (χ3n) is 3.84. The Morgan fingerprint density at radius 2 is 1.74 bits per heavy atom. The van der Waals surface area contributed by atoms with Crippen LogP contribution in [-0.2, 0) is 10.0 Å². The SMILES string of the molecule is Cc1ccc(S(=O)(=O)NC2CC=Cc3ccccc3C2=O)cc1. The summed E-state index contributed by atoms with van der Waals surface area (Å²) in [6.45, 7) is 1.89. The first kappa shape index (κ1) is 15.6. The molecule has 118 valence electrons. The summed E-state index contributed by atoms with van der Waals surface area (Å²) in [6.07, 6.45) is 4.01. The highest BCUT2D eigenvalue weighted by molar-refractivity contribution is 7.89. The second-order valence-corrected chi connectivity index (χ2v) is 7.29. The van der Waals surface area contributed by atoms with Crippen molar-refractivity contribution in [2.24, 2.45) is 0 Å². The molecule has 1 unspecified atom stereocenters. The van der Waals surface area contributed by atoms with Crippen LogP contribution in [0.25, 0.3) is 6.08 Å². The summed E-state index contributed by atoms with van der Waals surface area (Å²) < 4.78 is 27.5. The monoisotopic (exact) mass is 327 g/mol. The molecule has 3 rings (SSSR count). The van der Waals surface area contributed by atoms with Crippen molar-refractivity contribution in [2.45, 2.75) is 24.3 Å². The van der Waals surface area contributed by atoms with Crippen LogP contribution in [0, 0.1) is 6.92 Å². The van der Waals surface area contributed by atoms with E-state index in [1.54, 1.807) is 36.4 Å². The van der Waals surface area contributed by atoms with Gasteiger partial charge in [0.1, 0.15) is 0 Å². The summed E-state index contributed by atoms with van der Waals surface area (Å²) in [5.74, 6) is -0.207. The van der Waals surface area contributed by atoms with Crippen LogP contribution in [0.15, 0.2) is 59.5 Å². The van der Waals surface area contributed by atoms with E-state index < -0.39 is 16.1 Å².